The molecular formula is C108H110BBr2F4Ge2N3O10. The van der Waals surface area contributed by atoms with E-state index in [1.165, 1.54) is 59.3 Å². The number of phenolic OH excluding ortho intramolecular Hbond substituents is 2. The van der Waals surface area contributed by atoms with Crippen molar-refractivity contribution in [3.8, 4) is 79.6 Å². The predicted molar refractivity (Wildman–Crippen MR) is 533 cm³/mol. The van der Waals surface area contributed by atoms with Crippen LogP contribution in [0.1, 0.15) is 119 Å². The number of para-hydroxylation sites is 6. The van der Waals surface area contributed by atoms with Gasteiger partial charge in [-0.05, 0) is 71.2 Å². The number of phenols is 2. The number of nitrogens with zero attached hydrogens (tertiary/aromatic N) is 3. The van der Waals surface area contributed by atoms with E-state index >= 15 is 8.78 Å². The van der Waals surface area contributed by atoms with Crippen LogP contribution in [0.15, 0.2) is 264 Å². The number of ether oxygens (including phenoxy) is 6. The Labute approximate surface area is 780 Å². The molecule has 13 nitrogen and oxygen atoms in total. The third kappa shape index (κ3) is 18.4. The molecule has 130 heavy (non-hydrogen) atoms. The third-order valence-electron chi connectivity index (χ3n) is 26.9. The van der Waals surface area contributed by atoms with Gasteiger partial charge in [0.1, 0.15) is 5.75 Å². The van der Waals surface area contributed by atoms with E-state index in [0.29, 0.717) is 103 Å². The Morgan fingerprint density at radius 2 is 0.685 bits per heavy atom. The first-order chi connectivity index (χ1) is 62.2. The minimum Gasteiger partial charge on any atom is -0.463 e. The van der Waals surface area contributed by atoms with Crippen LogP contribution in [0.4, 0.5) is 17.6 Å². The topological polar surface area (TPSA) is 129 Å². The quantitative estimate of drug-likeness (QED) is 0.0446. The van der Waals surface area contributed by atoms with Crippen LogP contribution in [0, 0.1) is 44.0 Å². The van der Waals surface area contributed by atoms with Crippen molar-refractivity contribution < 1.29 is 65.5 Å². The van der Waals surface area contributed by atoms with Crippen LogP contribution in [0.5, 0.6) is 40.2 Å². The molecule has 22 heteroatoms. The van der Waals surface area contributed by atoms with Gasteiger partial charge < -0.3 is 23.3 Å². The van der Waals surface area contributed by atoms with E-state index in [0.717, 1.165) is 107 Å². The van der Waals surface area contributed by atoms with Crippen LogP contribution in [-0.4, -0.2) is 103 Å². The molecule has 670 valence electrons. The van der Waals surface area contributed by atoms with Crippen LogP contribution >= 0.6 is 31.9 Å². The molecule has 3 aromatic heterocycles. The average Bonchev–Trinajstić information content (AvgIpc) is 1.57. The molecule has 0 aliphatic carbocycles. The van der Waals surface area contributed by atoms with Gasteiger partial charge >= 0.3 is 581 Å². The number of fused-ring (bicyclic) bond motifs is 9. The fraction of sp³-hybridized carbons (Fsp3) is 0.278. The van der Waals surface area contributed by atoms with Gasteiger partial charge in [-0.1, -0.05) is 42.5 Å². The van der Waals surface area contributed by atoms with Gasteiger partial charge in [0.2, 0.25) is 0 Å². The van der Waals surface area contributed by atoms with E-state index < -0.39 is 56.5 Å². The van der Waals surface area contributed by atoms with Gasteiger partial charge in [-0.3, -0.25) is 0 Å². The summed E-state index contributed by atoms with van der Waals surface area (Å²) in [7, 11) is -0.541. The van der Waals surface area contributed by atoms with Crippen molar-refractivity contribution in [2.24, 2.45) is 0 Å². The van der Waals surface area contributed by atoms with Crippen LogP contribution in [0.2, 0.25) is 19.0 Å². The van der Waals surface area contributed by atoms with Crippen molar-refractivity contribution >= 4 is 136 Å². The van der Waals surface area contributed by atoms with Crippen LogP contribution < -0.4 is 29.1 Å². The summed E-state index contributed by atoms with van der Waals surface area (Å²) in [5, 5.41) is 31.2. The number of rotatable bonds is 24. The molecule has 18 rings (SSSR count). The fourth-order valence-corrected chi connectivity index (χ4v) is 34.5. The van der Waals surface area contributed by atoms with Gasteiger partial charge in [0.15, 0.2) is 6.29 Å². The summed E-state index contributed by atoms with van der Waals surface area (Å²) < 4.78 is 118. The maximum Gasteiger partial charge on any atom is 0.498 e. The van der Waals surface area contributed by atoms with E-state index in [9.17, 15) is 19.0 Å². The molecule has 2 aliphatic rings. The number of aryl methyl sites for hydroxylation is 3. The van der Waals surface area contributed by atoms with E-state index in [1.54, 1.807) is 24.3 Å². The minimum absolute atomic E-state index is 0.0148. The Kier molecular flexibility index (Phi) is 27.4. The number of halogens is 6. The summed E-state index contributed by atoms with van der Waals surface area (Å²) in [6.07, 6.45) is 2.72. The standard InChI is InChI=1S/C58H52F2GeN2O4.C30H34BNO4.C20H24Br2F2GeO2/c1-35(2)61(36(3)4,33-66-55-25-23-39(59)31-45(55)47-27-37(5)29-53(57(47)64)62-49-19-11-7-15-41(49)42-16-8-12-20-50(42)62)34-67-56-26-24-40(60)32-46(56)48-28-38(6)30-54(58(48)65)63-51-21-13-9-17-43(51)44-18-10-14-22-52(44)63;1-20-18-23(31-35-29(2,3)30(4,5)36-31)28(34-27-16-10-11-17-33-27)26(19-20)32-24-14-8-6-12-21(24)22-13-7-9-15-25(22)32;1-13(2)25(14(3)4,11-26-19-7-5-15(23)9-17(19)21)12-27-20-8-6-16(24)10-18(20)22/h7-32,35-36,64-65H,33-34H2,1-6H3;6-9,12-15,18-19,27H,10-11,16-17H2,1-5H3;5-10,13-14H,11-12H2,1-4H3. The molecule has 0 bridgehead atoms. The van der Waals surface area contributed by atoms with Crippen molar-refractivity contribution in [1.82, 2.24) is 13.7 Å². The molecule has 1 atom stereocenters. The average molecular weight is 2000 g/mol. The first-order valence-electron chi connectivity index (χ1n) is 44.7. The summed E-state index contributed by atoms with van der Waals surface area (Å²) in [6.45, 7) is 32.8. The molecule has 0 amide bonds. The van der Waals surface area contributed by atoms with Crippen LogP contribution in [-0.2, 0) is 14.0 Å². The molecule has 2 saturated heterocycles. The van der Waals surface area contributed by atoms with Crippen molar-refractivity contribution in [3.05, 3.63) is 304 Å². The summed E-state index contributed by atoms with van der Waals surface area (Å²) >= 11 is 0.704. The Balaban J connectivity index is 0.000000163. The van der Waals surface area contributed by atoms with Gasteiger partial charge in [0.25, 0.3) is 0 Å². The van der Waals surface area contributed by atoms with E-state index in [2.05, 4.69) is 220 Å². The van der Waals surface area contributed by atoms with Gasteiger partial charge in [-0.15, -0.1) is 0 Å². The van der Waals surface area contributed by atoms with Crippen LogP contribution in [0.25, 0.3) is 105 Å². The van der Waals surface area contributed by atoms with Gasteiger partial charge in [0, 0.05) is 22.7 Å². The molecule has 1 unspecified atom stereocenters. The third-order valence-corrected chi connectivity index (χ3v) is 53.2. The smallest absolute Gasteiger partial charge is 0.463 e. The summed E-state index contributed by atoms with van der Waals surface area (Å²) in [5.74, 6) is 1.46. The Hall–Kier alpha value is -10.4. The Morgan fingerprint density at radius 3 is 1.01 bits per heavy atom. The maximum absolute atomic E-state index is 15.4. The summed E-state index contributed by atoms with van der Waals surface area (Å²) in [6, 6.07) is 79.4. The minimum atomic E-state index is -3.34. The first kappa shape index (κ1) is 92.8. The molecule has 0 saturated carbocycles. The van der Waals surface area contributed by atoms with Crippen molar-refractivity contribution in [2.75, 3.05) is 28.4 Å². The normalized spacial score (nSPS) is 14.6. The largest absolute Gasteiger partial charge is 0.498 e. The summed E-state index contributed by atoms with van der Waals surface area (Å²) in [5.41, 5.74) is 14.9. The molecule has 0 radical (unpaired) electrons. The molecular weight excluding hydrogens is 1890 g/mol. The van der Waals surface area contributed by atoms with E-state index in [1.807, 2.05) is 111 Å². The molecule has 5 heterocycles. The zero-order valence-electron chi connectivity index (χ0n) is 76.1. The molecule has 0 spiro atoms. The molecule has 2 fully saturated rings. The van der Waals surface area contributed by atoms with Gasteiger partial charge in [-0.2, -0.15) is 0 Å². The second kappa shape index (κ2) is 38.4. The molecule has 2 N–H and O–H groups in total. The first-order valence-corrected chi connectivity index (χ1v) is 57.0. The van der Waals surface area contributed by atoms with Crippen LogP contribution in [0.3, 0.4) is 0 Å². The monoisotopic (exact) mass is 2000 g/mol. The van der Waals surface area contributed by atoms with Gasteiger partial charge in [0.05, 0.1) is 34.5 Å². The predicted octanol–water partition coefficient (Wildman–Crippen LogP) is 28.9. The fourth-order valence-electron chi connectivity index (χ4n) is 18.4. The number of aromatic hydroxyl groups is 2. The summed E-state index contributed by atoms with van der Waals surface area (Å²) in [4.78, 5) is 0. The SMILES string of the molecule is C[CH](C)[Ge]([CH2]Oc1ccc(F)cc1Br)([CH2]Oc1ccc(F)cc1Br)[CH](C)C.Cc1cc(-c2cc(F)ccc2O[CH2][Ge]([CH2]Oc2ccc(F)cc2-c2cc(C)cc(-n3c4ccccc4c4ccccc43)c2O)([CH](C)C)[CH](C)C)c(O)c(-n2c3ccccc3c3ccccc32)c1.Cc1cc(B2OC(C)(C)C(C)(C)O2)c(OC2CCCCO2)c(-n2c3ccccc3c3ccccc32)c1. The maximum atomic E-state index is 15.4. The number of hydrogen-bond acceptors (Lipinski definition) is 10. The second-order valence-corrected chi connectivity index (χ2v) is 61.0. The number of hydrogen-bond donors (Lipinski definition) is 2. The second-order valence-electron chi connectivity index (χ2n) is 36.8. The molecule has 2 aliphatic heterocycles. The van der Waals surface area contributed by atoms with E-state index in [-0.39, 0.29) is 38.9 Å². The zero-order chi connectivity index (χ0) is 92.0. The number of aromatic nitrogens is 3. The van der Waals surface area contributed by atoms with E-state index in [4.69, 9.17) is 37.7 Å². The van der Waals surface area contributed by atoms with Crippen molar-refractivity contribution in [3.63, 3.8) is 0 Å². The molecule has 13 aromatic carbocycles. The van der Waals surface area contributed by atoms with Crippen molar-refractivity contribution in [1.29, 1.82) is 0 Å². The number of benzene rings is 13. The van der Waals surface area contributed by atoms with Crippen molar-refractivity contribution in [2.45, 2.75) is 160 Å². The van der Waals surface area contributed by atoms with Gasteiger partial charge in [-0.25, -0.2) is 0 Å². The zero-order valence-corrected chi connectivity index (χ0v) is 83.5. The Morgan fingerprint density at radius 1 is 0.385 bits per heavy atom. The molecule has 16 aromatic rings. The Bertz CT molecular complexity index is 6430.